The first-order chi connectivity index (χ1) is 12.6. The molecule has 2 fully saturated rings. The van der Waals surface area contributed by atoms with Gasteiger partial charge in [0.15, 0.2) is 0 Å². The molecule has 1 aromatic carbocycles. The molecule has 26 heavy (non-hydrogen) atoms. The molecule has 8 heteroatoms. The molecule has 5 nitrogen and oxygen atoms in total. The Morgan fingerprint density at radius 3 is 2.88 bits per heavy atom. The van der Waals surface area contributed by atoms with Crippen LogP contribution in [0.2, 0.25) is 0 Å². The Morgan fingerprint density at radius 1 is 1.38 bits per heavy atom. The Balaban J connectivity index is 1.55. The molecular weight excluding hydrogens is 353 g/mol. The van der Waals surface area contributed by atoms with Gasteiger partial charge < -0.3 is 14.6 Å². The summed E-state index contributed by atoms with van der Waals surface area (Å²) < 4.78 is 56.3. The summed E-state index contributed by atoms with van der Waals surface area (Å²) in [5, 5.41) is 9.97. The second-order valence-electron chi connectivity index (χ2n) is 6.53. The molecule has 1 saturated heterocycles. The first kappa shape index (κ1) is 17.3. The Bertz CT molecular complexity index is 723. The van der Waals surface area contributed by atoms with Gasteiger partial charge in [-0.3, -0.25) is 9.59 Å². The molecule has 2 aliphatic rings. The van der Waals surface area contributed by atoms with Crippen molar-refractivity contribution in [1.82, 2.24) is 0 Å². The van der Waals surface area contributed by atoms with Gasteiger partial charge in [-0.2, -0.15) is 13.2 Å². The summed E-state index contributed by atoms with van der Waals surface area (Å²) in [5.41, 5.74) is -0.868. The van der Waals surface area contributed by atoms with Crippen molar-refractivity contribution in [1.29, 1.82) is 0 Å². The number of hydrogen-bond donors (Lipinski definition) is 1. The summed E-state index contributed by atoms with van der Waals surface area (Å²) in [4.78, 5) is 24.4. The molecule has 0 radical (unpaired) electrons. The van der Waals surface area contributed by atoms with Crippen molar-refractivity contribution >= 4 is 11.8 Å². The summed E-state index contributed by atoms with van der Waals surface area (Å²) in [6, 6.07) is 4.25. The van der Waals surface area contributed by atoms with E-state index in [-0.39, 0.29) is 24.9 Å². The molecule has 2 bridgehead atoms. The molecule has 0 amide bonds. The highest BCUT2D eigenvalue weighted by Crippen LogP contribution is 2.40. The lowest BCUT2D eigenvalue weighted by Crippen LogP contribution is -2.39. The van der Waals surface area contributed by atoms with E-state index in [2.05, 4.69) is 0 Å². The van der Waals surface area contributed by atoms with E-state index in [9.17, 15) is 27.9 Å². The van der Waals surface area contributed by atoms with Crippen LogP contribution in [0.3, 0.4) is 0 Å². The minimum absolute atomic E-state index is 0.0549. The van der Waals surface area contributed by atoms with Crippen molar-refractivity contribution in [3.63, 3.8) is 0 Å². The Labute approximate surface area is 149 Å². The third kappa shape index (κ3) is 4.00. The fraction of sp³-hybridized carbons (Fsp3) is 0.556. The number of rotatable bonds is 6. The Morgan fingerprint density at radius 2 is 2.15 bits per heavy atom. The molecule has 0 unspecified atom stereocenters. The van der Waals surface area contributed by atoms with Gasteiger partial charge in [0.25, 0.3) is 0 Å². The second kappa shape index (κ2) is 7.26. The summed E-state index contributed by atoms with van der Waals surface area (Å²) in [7, 11) is 0. The molecule has 0 aromatic heterocycles. The van der Waals surface area contributed by atoms with Crippen molar-refractivity contribution in [2.75, 3.05) is 6.61 Å². The number of fused-ring (bicyclic) bond motifs is 2. The van der Waals surface area contributed by atoms with Crippen LogP contribution in [0.1, 0.15) is 32.6 Å². The van der Waals surface area contributed by atoms with Crippen LogP contribution in [0.5, 0.6) is 5.75 Å². The zero-order valence-electron chi connectivity index (χ0n) is 14.7. The molecule has 1 aliphatic carbocycles. The highest BCUT2D eigenvalue weighted by molar-refractivity contribution is 6.00. The molecule has 1 saturated carbocycles. The van der Waals surface area contributed by atoms with Crippen LogP contribution >= 0.6 is 0 Å². The number of alkyl halides is 3. The number of esters is 1. The SMILES string of the molecule is [2H][C@H](COc1cccc(C(F)(F)F)c1)CC(=O)[C@H]1C(=O)O[C@@H]2C[C@H]1[C@@H](O)C2. The average molecular weight is 373 g/mol. The quantitative estimate of drug-likeness (QED) is 0.613. The number of carbonyl (C=O) groups is 2. The number of halogens is 3. The van der Waals surface area contributed by atoms with Crippen LogP contribution < -0.4 is 4.74 Å². The van der Waals surface area contributed by atoms with Crippen molar-refractivity contribution in [3.8, 4) is 5.75 Å². The number of aliphatic hydroxyl groups is 1. The monoisotopic (exact) mass is 373 g/mol. The second-order valence-corrected chi connectivity index (χ2v) is 6.53. The fourth-order valence-electron chi connectivity index (χ4n) is 3.48. The maximum absolute atomic E-state index is 12.7. The van der Waals surface area contributed by atoms with E-state index in [4.69, 9.17) is 10.8 Å². The molecule has 0 spiro atoms. The van der Waals surface area contributed by atoms with Gasteiger partial charge in [0.05, 0.1) is 18.3 Å². The molecular formula is C18H19F3O5. The molecule has 1 heterocycles. The van der Waals surface area contributed by atoms with E-state index in [0.29, 0.717) is 12.8 Å². The van der Waals surface area contributed by atoms with Crippen LogP contribution in [0.15, 0.2) is 24.3 Å². The van der Waals surface area contributed by atoms with E-state index >= 15 is 0 Å². The zero-order chi connectivity index (χ0) is 19.8. The third-order valence-corrected chi connectivity index (χ3v) is 4.72. The first-order valence-electron chi connectivity index (χ1n) is 8.86. The lowest BCUT2D eigenvalue weighted by atomic mass is 9.83. The van der Waals surface area contributed by atoms with E-state index in [1.165, 1.54) is 12.1 Å². The summed E-state index contributed by atoms with van der Waals surface area (Å²) in [6.07, 6.45) is -6.30. The Kier molecular flexibility index (Phi) is 4.84. The van der Waals surface area contributed by atoms with Crippen molar-refractivity contribution in [2.24, 2.45) is 11.8 Å². The highest BCUT2D eigenvalue weighted by atomic mass is 19.4. The van der Waals surface area contributed by atoms with Gasteiger partial charge in [0, 0.05) is 20.1 Å². The van der Waals surface area contributed by atoms with Crippen LogP contribution in [-0.4, -0.2) is 35.7 Å². The number of ether oxygens (including phenoxy) is 2. The lowest BCUT2D eigenvalue weighted by Gasteiger charge is -2.27. The molecule has 5 atom stereocenters. The minimum Gasteiger partial charge on any atom is -0.494 e. The normalized spacial score (nSPS) is 29.7. The van der Waals surface area contributed by atoms with E-state index in [1.807, 2.05) is 0 Å². The summed E-state index contributed by atoms with van der Waals surface area (Å²) in [6.45, 7) is -0.301. The summed E-state index contributed by atoms with van der Waals surface area (Å²) in [5.74, 6) is -2.85. The molecule has 142 valence electrons. The zero-order valence-corrected chi connectivity index (χ0v) is 13.7. The van der Waals surface area contributed by atoms with Crippen LogP contribution in [0.25, 0.3) is 0 Å². The van der Waals surface area contributed by atoms with Crippen molar-refractivity contribution in [3.05, 3.63) is 29.8 Å². The maximum atomic E-state index is 12.7. The van der Waals surface area contributed by atoms with Gasteiger partial charge in [0.1, 0.15) is 23.6 Å². The van der Waals surface area contributed by atoms with Crippen LogP contribution in [0.4, 0.5) is 13.2 Å². The highest BCUT2D eigenvalue weighted by Gasteiger charge is 2.50. The van der Waals surface area contributed by atoms with Gasteiger partial charge in [0.2, 0.25) is 0 Å². The summed E-state index contributed by atoms with van der Waals surface area (Å²) >= 11 is 0. The first-order valence-corrected chi connectivity index (χ1v) is 8.28. The van der Waals surface area contributed by atoms with Crippen molar-refractivity contribution in [2.45, 2.75) is 44.0 Å². The van der Waals surface area contributed by atoms with E-state index in [1.54, 1.807) is 0 Å². The number of carbonyl (C=O) groups excluding carboxylic acids is 2. The molecule has 3 rings (SSSR count). The Hall–Kier alpha value is -2.09. The number of Topliss-reactive ketones (excluding diaryl/α,β-unsaturated/α-hetero) is 1. The third-order valence-electron chi connectivity index (χ3n) is 4.72. The van der Waals surface area contributed by atoms with E-state index in [0.717, 1.165) is 12.1 Å². The minimum atomic E-state index is -4.50. The van der Waals surface area contributed by atoms with E-state index < -0.39 is 47.8 Å². The topological polar surface area (TPSA) is 72.8 Å². The molecule has 1 aliphatic heterocycles. The number of ketones is 1. The van der Waals surface area contributed by atoms with Crippen LogP contribution in [0, 0.1) is 11.8 Å². The maximum Gasteiger partial charge on any atom is 0.416 e. The fourth-order valence-corrected chi connectivity index (χ4v) is 3.48. The number of aliphatic hydroxyl groups excluding tert-OH is 1. The number of hydrogen-bond acceptors (Lipinski definition) is 5. The van der Waals surface area contributed by atoms with Gasteiger partial charge in [-0.15, -0.1) is 0 Å². The van der Waals surface area contributed by atoms with Gasteiger partial charge in [-0.05, 0) is 31.0 Å². The smallest absolute Gasteiger partial charge is 0.416 e. The number of benzene rings is 1. The van der Waals surface area contributed by atoms with Crippen molar-refractivity contribution < 1.29 is 38.7 Å². The lowest BCUT2D eigenvalue weighted by molar-refractivity contribution is -0.163. The largest absolute Gasteiger partial charge is 0.494 e. The average Bonchev–Trinajstić information content (AvgIpc) is 2.87. The predicted octanol–water partition coefficient (Wildman–Crippen LogP) is 2.75. The standard InChI is InChI=1S/C18H19F3O5/c19-18(20,21)10-3-1-4-11(7-10)25-6-2-5-14(22)16-13-8-12(9-15(13)23)26-17(16)24/h1,3-4,7,12-13,15-16,23H,2,5-6,8-9H2/t12-,13+,15+,16+/m1/s1/i2D/t2-,12+,13-,15-,16-/m0. The van der Waals surface area contributed by atoms with Gasteiger partial charge in [-0.1, -0.05) is 6.07 Å². The predicted molar refractivity (Wildman–Crippen MR) is 83.3 cm³/mol. The molecule has 1 aromatic rings. The molecule has 1 N–H and O–H groups in total. The van der Waals surface area contributed by atoms with Gasteiger partial charge in [-0.25, -0.2) is 0 Å². The van der Waals surface area contributed by atoms with Crippen LogP contribution in [-0.2, 0) is 20.5 Å². The van der Waals surface area contributed by atoms with Gasteiger partial charge >= 0.3 is 12.1 Å².